The summed E-state index contributed by atoms with van der Waals surface area (Å²) in [7, 11) is 0. The molecule has 1 aliphatic rings. The van der Waals surface area contributed by atoms with Crippen LogP contribution >= 0.6 is 0 Å². The summed E-state index contributed by atoms with van der Waals surface area (Å²) >= 11 is 0. The predicted molar refractivity (Wildman–Crippen MR) is 77.3 cm³/mol. The monoisotopic (exact) mass is 299 g/mol. The van der Waals surface area contributed by atoms with E-state index in [0.717, 1.165) is 25.8 Å². The summed E-state index contributed by atoms with van der Waals surface area (Å²) in [6.07, 6.45) is 3.64. The van der Waals surface area contributed by atoms with Gasteiger partial charge in [-0.15, -0.1) is 0 Å². The number of ether oxygens (including phenoxy) is 1. The Hall–Kier alpha value is -1.20. The van der Waals surface area contributed by atoms with Gasteiger partial charge in [-0.05, 0) is 43.9 Å². The quantitative estimate of drug-likeness (QED) is 0.813. The van der Waals surface area contributed by atoms with Crippen LogP contribution in [-0.2, 0) is 0 Å². The number of aliphatic hydroxyl groups is 1. The molecule has 0 aromatic heterocycles. The number of hydrogen-bond acceptors (Lipinski definition) is 3. The summed E-state index contributed by atoms with van der Waals surface area (Å²) in [5, 5.41) is 13.1. The van der Waals surface area contributed by atoms with Gasteiger partial charge in [0, 0.05) is 5.54 Å². The fourth-order valence-corrected chi connectivity index (χ4v) is 3.34. The van der Waals surface area contributed by atoms with Crippen LogP contribution in [0.15, 0.2) is 18.2 Å². The summed E-state index contributed by atoms with van der Waals surface area (Å²) in [6, 6.07) is 3.69. The van der Waals surface area contributed by atoms with E-state index in [1.807, 2.05) is 6.92 Å². The van der Waals surface area contributed by atoms with Crippen LogP contribution in [0.25, 0.3) is 0 Å². The molecule has 3 nitrogen and oxygen atoms in total. The molecule has 0 bridgehead atoms. The first-order chi connectivity index (χ1) is 10.1. The fraction of sp³-hybridized carbons (Fsp3) is 0.625. The van der Waals surface area contributed by atoms with Crippen molar-refractivity contribution < 1.29 is 18.6 Å². The average molecular weight is 299 g/mol. The minimum atomic E-state index is -0.679. The van der Waals surface area contributed by atoms with Crippen LogP contribution in [0, 0.1) is 17.6 Å². The largest absolute Gasteiger partial charge is 0.488 e. The third-order valence-corrected chi connectivity index (χ3v) is 4.40. The standard InChI is InChI=1S/C16H23F2NO2/c1-2-19-16(11-20)9-4-5-12(16)8-10-21-15-13(17)6-3-7-14(15)18/h3,6-7,12,19-20H,2,4-5,8-11H2,1H3. The van der Waals surface area contributed by atoms with E-state index in [0.29, 0.717) is 6.42 Å². The van der Waals surface area contributed by atoms with Crippen LogP contribution < -0.4 is 10.1 Å². The van der Waals surface area contributed by atoms with Gasteiger partial charge in [0.2, 0.25) is 0 Å². The summed E-state index contributed by atoms with van der Waals surface area (Å²) < 4.78 is 32.2. The van der Waals surface area contributed by atoms with Gasteiger partial charge in [0.1, 0.15) is 0 Å². The van der Waals surface area contributed by atoms with Gasteiger partial charge in [0.25, 0.3) is 0 Å². The molecule has 1 fully saturated rings. The summed E-state index contributed by atoms with van der Waals surface area (Å²) in [5.74, 6) is -1.41. The third kappa shape index (κ3) is 3.52. The molecule has 2 unspecified atom stereocenters. The predicted octanol–water partition coefficient (Wildman–Crippen LogP) is 2.87. The maximum absolute atomic E-state index is 13.5. The number of nitrogens with one attached hydrogen (secondary N) is 1. The van der Waals surface area contributed by atoms with Crippen molar-refractivity contribution in [2.45, 2.75) is 38.1 Å². The summed E-state index contributed by atoms with van der Waals surface area (Å²) in [6.45, 7) is 3.13. The highest BCUT2D eigenvalue weighted by Crippen LogP contribution is 2.37. The van der Waals surface area contributed by atoms with Gasteiger partial charge in [0.05, 0.1) is 13.2 Å². The number of hydrogen-bond donors (Lipinski definition) is 2. The Morgan fingerprint density at radius 2 is 2.10 bits per heavy atom. The molecule has 118 valence electrons. The average Bonchev–Trinajstić information content (AvgIpc) is 2.86. The van der Waals surface area contributed by atoms with E-state index < -0.39 is 11.6 Å². The lowest BCUT2D eigenvalue weighted by atomic mass is 9.85. The summed E-state index contributed by atoms with van der Waals surface area (Å²) in [5.41, 5.74) is -0.272. The summed E-state index contributed by atoms with van der Waals surface area (Å²) in [4.78, 5) is 0. The van der Waals surface area contributed by atoms with Crippen molar-refractivity contribution in [3.8, 4) is 5.75 Å². The number of para-hydroxylation sites is 1. The molecule has 1 aromatic rings. The van der Waals surface area contributed by atoms with Crippen LogP contribution in [0.3, 0.4) is 0 Å². The van der Waals surface area contributed by atoms with Gasteiger partial charge in [-0.3, -0.25) is 0 Å². The molecule has 1 aromatic carbocycles. The van der Waals surface area contributed by atoms with E-state index in [1.54, 1.807) is 0 Å². The lowest BCUT2D eigenvalue weighted by molar-refractivity contribution is 0.110. The maximum Gasteiger partial charge on any atom is 0.190 e. The molecule has 0 amide bonds. The van der Waals surface area contributed by atoms with Crippen LogP contribution in [0.4, 0.5) is 8.78 Å². The second-order valence-electron chi connectivity index (χ2n) is 5.62. The van der Waals surface area contributed by atoms with E-state index in [9.17, 15) is 13.9 Å². The van der Waals surface area contributed by atoms with Gasteiger partial charge in [-0.1, -0.05) is 19.4 Å². The minimum Gasteiger partial charge on any atom is -0.488 e. The third-order valence-electron chi connectivity index (χ3n) is 4.40. The van der Waals surface area contributed by atoms with Crippen LogP contribution in [-0.4, -0.2) is 30.4 Å². The van der Waals surface area contributed by atoms with E-state index in [2.05, 4.69) is 5.32 Å². The zero-order valence-corrected chi connectivity index (χ0v) is 12.4. The number of benzene rings is 1. The number of halogens is 2. The smallest absolute Gasteiger partial charge is 0.190 e. The van der Waals surface area contributed by atoms with Gasteiger partial charge in [-0.25, -0.2) is 8.78 Å². The molecule has 1 saturated carbocycles. The second-order valence-corrected chi connectivity index (χ2v) is 5.62. The highest BCUT2D eigenvalue weighted by Gasteiger charge is 2.41. The molecule has 21 heavy (non-hydrogen) atoms. The van der Waals surface area contributed by atoms with E-state index >= 15 is 0 Å². The molecular formula is C16H23F2NO2. The van der Waals surface area contributed by atoms with E-state index in [4.69, 9.17) is 4.74 Å². The van der Waals surface area contributed by atoms with Crippen molar-refractivity contribution in [1.29, 1.82) is 0 Å². The Kier molecular flexibility index (Phi) is 5.53. The van der Waals surface area contributed by atoms with E-state index in [-0.39, 0.29) is 30.4 Å². The first-order valence-corrected chi connectivity index (χ1v) is 7.55. The SMILES string of the molecule is CCNC1(CO)CCCC1CCOc1c(F)cccc1F. The van der Waals surface area contributed by atoms with Gasteiger partial charge >= 0.3 is 0 Å². The number of likely N-dealkylation sites (N-methyl/N-ethyl adjacent to an activating group) is 1. The van der Waals surface area contributed by atoms with Crippen molar-refractivity contribution in [1.82, 2.24) is 5.32 Å². The normalized spacial score (nSPS) is 25.2. The highest BCUT2D eigenvalue weighted by molar-refractivity contribution is 5.25. The molecule has 2 atom stereocenters. The molecular weight excluding hydrogens is 276 g/mol. The van der Waals surface area contributed by atoms with E-state index in [1.165, 1.54) is 18.2 Å². The molecule has 0 radical (unpaired) electrons. The van der Waals surface area contributed by atoms with Gasteiger partial charge in [0.15, 0.2) is 17.4 Å². The Labute approximate surface area is 124 Å². The first kappa shape index (κ1) is 16.2. The zero-order valence-electron chi connectivity index (χ0n) is 12.4. The molecule has 5 heteroatoms. The van der Waals surface area contributed by atoms with Gasteiger partial charge in [-0.2, -0.15) is 0 Å². The highest BCUT2D eigenvalue weighted by atomic mass is 19.1. The van der Waals surface area contributed by atoms with Crippen molar-refractivity contribution in [3.63, 3.8) is 0 Å². The molecule has 0 heterocycles. The molecule has 1 aliphatic carbocycles. The molecule has 0 saturated heterocycles. The fourth-order valence-electron chi connectivity index (χ4n) is 3.34. The van der Waals surface area contributed by atoms with Gasteiger partial charge < -0.3 is 15.2 Å². The Morgan fingerprint density at radius 1 is 1.38 bits per heavy atom. The Morgan fingerprint density at radius 3 is 2.71 bits per heavy atom. The van der Waals surface area contributed by atoms with Crippen molar-refractivity contribution in [2.24, 2.45) is 5.92 Å². The molecule has 0 spiro atoms. The lowest BCUT2D eigenvalue weighted by Gasteiger charge is -2.34. The Bertz CT molecular complexity index is 449. The van der Waals surface area contributed by atoms with Crippen LogP contribution in [0.1, 0.15) is 32.6 Å². The molecule has 2 rings (SSSR count). The zero-order chi connectivity index (χ0) is 15.3. The minimum absolute atomic E-state index is 0.0829. The first-order valence-electron chi connectivity index (χ1n) is 7.55. The van der Waals surface area contributed by atoms with Crippen molar-refractivity contribution >= 4 is 0 Å². The second kappa shape index (κ2) is 7.18. The maximum atomic E-state index is 13.5. The van der Waals surface area contributed by atoms with Crippen LogP contribution in [0.5, 0.6) is 5.75 Å². The number of aliphatic hydroxyl groups excluding tert-OH is 1. The van der Waals surface area contributed by atoms with Crippen LogP contribution in [0.2, 0.25) is 0 Å². The number of rotatable bonds is 7. The topological polar surface area (TPSA) is 41.5 Å². The lowest BCUT2D eigenvalue weighted by Crippen LogP contribution is -2.51. The molecule has 2 N–H and O–H groups in total. The molecule has 0 aliphatic heterocycles. The Balaban J connectivity index is 1.93. The van der Waals surface area contributed by atoms with Crippen molar-refractivity contribution in [3.05, 3.63) is 29.8 Å². The van der Waals surface area contributed by atoms with Crippen molar-refractivity contribution in [2.75, 3.05) is 19.8 Å².